The summed E-state index contributed by atoms with van der Waals surface area (Å²) in [5, 5.41) is 32.8. The van der Waals surface area contributed by atoms with Crippen LogP contribution in [0.4, 0.5) is 39.8 Å². The number of benzene rings is 5. The normalized spacial score (nSPS) is 11.8. The van der Waals surface area contributed by atoms with E-state index in [0.717, 1.165) is 17.8 Å². The molecule has 0 atom stereocenters. The van der Waals surface area contributed by atoms with E-state index in [9.17, 15) is 31.0 Å². The van der Waals surface area contributed by atoms with Gasteiger partial charge in [0.05, 0.1) is 23.4 Å². The molecule has 0 aliphatic heterocycles. The predicted molar refractivity (Wildman–Crippen MR) is 168 cm³/mol. The summed E-state index contributed by atoms with van der Waals surface area (Å²) in [4.78, 5) is -1.38. The van der Waals surface area contributed by atoms with Gasteiger partial charge >= 0.3 is 59.1 Å². The zero-order valence-electron chi connectivity index (χ0n) is 26.1. The number of hydrogen-bond donors (Lipinski definition) is 3. The first kappa shape index (κ1) is 39.0. The van der Waals surface area contributed by atoms with Crippen molar-refractivity contribution in [3.8, 4) is 11.5 Å². The molecule has 0 bridgehead atoms. The monoisotopic (exact) mass is 706 g/mol. The summed E-state index contributed by atoms with van der Waals surface area (Å²) in [5.74, 6) is -0.704. The van der Waals surface area contributed by atoms with Crippen LogP contribution in [0.3, 0.4) is 0 Å². The number of nitrogens with zero attached hydrogens (tertiary/aromatic N) is 4. The zero-order valence-corrected chi connectivity index (χ0v) is 31.7. The molecule has 5 rings (SSSR count). The second-order valence-electron chi connectivity index (χ2n) is 9.85. The molecule has 48 heavy (non-hydrogen) atoms. The Morgan fingerprint density at radius 2 is 1.44 bits per heavy atom. The maximum atomic E-state index is 13.4. The molecule has 0 heterocycles. The number of nitrogen functional groups attached to an aromatic ring is 1. The van der Waals surface area contributed by atoms with Gasteiger partial charge in [0.15, 0.2) is 0 Å². The number of anilines is 3. The number of nitrogens with two attached hydrogens (primary N) is 1. The average Bonchev–Trinajstić information content (AvgIpc) is 3.00. The SMILES string of the molecule is COc1cc(N=Nc2ccc(N)cc2S(=O)(=O)[O-])c(C)cc1N=Nc1c(S(=O)(=O)O)cc2cc(Nc3ccccc3)ccc2c1[O-].[Na+].[Na+]. The minimum atomic E-state index is -4.91. The predicted octanol–water partition coefficient (Wildman–Crippen LogP) is 0.546. The topological polar surface area (TPSA) is 231 Å². The molecule has 0 fully saturated rings. The third kappa shape index (κ3) is 8.97. The number of nitrogens with one attached hydrogen (secondary N) is 1. The Bertz CT molecular complexity index is 2270. The maximum Gasteiger partial charge on any atom is 1.00 e. The quantitative estimate of drug-likeness (QED) is 0.0834. The van der Waals surface area contributed by atoms with Crippen LogP contribution in [0.1, 0.15) is 5.56 Å². The van der Waals surface area contributed by atoms with Crippen molar-refractivity contribution in [3.63, 3.8) is 0 Å². The van der Waals surface area contributed by atoms with Crippen molar-refractivity contribution < 1.29 is 94.9 Å². The van der Waals surface area contributed by atoms with Gasteiger partial charge in [0, 0.05) is 23.1 Å². The van der Waals surface area contributed by atoms with E-state index in [2.05, 4.69) is 25.8 Å². The summed E-state index contributed by atoms with van der Waals surface area (Å²) in [6, 6.07) is 21.4. The number of para-hydroxylation sites is 1. The second-order valence-corrected chi connectivity index (χ2v) is 12.6. The number of aryl methyl sites for hydroxylation is 1. The summed E-state index contributed by atoms with van der Waals surface area (Å²) in [7, 11) is -8.49. The van der Waals surface area contributed by atoms with Gasteiger partial charge in [-0.05, 0) is 77.9 Å². The first-order chi connectivity index (χ1) is 21.7. The van der Waals surface area contributed by atoms with Crippen LogP contribution in [-0.2, 0) is 20.2 Å². The van der Waals surface area contributed by atoms with Crippen LogP contribution >= 0.6 is 0 Å². The number of fused-ring (bicyclic) bond motifs is 1. The Hall–Kier alpha value is -3.42. The molecular formula is C30H24N6Na2O8S2. The Kier molecular flexibility index (Phi) is 12.9. The first-order valence-corrected chi connectivity index (χ1v) is 16.0. The van der Waals surface area contributed by atoms with Gasteiger partial charge in [0.25, 0.3) is 10.1 Å². The minimum absolute atomic E-state index is 0. The van der Waals surface area contributed by atoms with Crippen molar-refractivity contribution in [2.45, 2.75) is 16.7 Å². The fourth-order valence-corrected chi connectivity index (χ4v) is 5.73. The van der Waals surface area contributed by atoms with Crippen molar-refractivity contribution in [2.75, 3.05) is 18.2 Å². The molecule has 4 N–H and O–H groups in total. The van der Waals surface area contributed by atoms with Crippen molar-refractivity contribution >= 4 is 70.8 Å². The molecule has 0 spiro atoms. The van der Waals surface area contributed by atoms with Gasteiger partial charge in [-0.25, -0.2) is 8.42 Å². The van der Waals surface area contributed by atoms with Gasteiger partial charge in [-0.2, -0.15) is 13.5 Å². The molecule has 5 aromatic rings. The van der Waals surface area contributed by atoms with Crippen molar-refractivity contribution in [2.24, 2.45) is 20.5 Å². The Labute approximate surface area is 320 Å². The molecular weight excluding hydrogens is 682 g/mol. The zero-order chi connectivity index (χ0) is 33.2. The van der Waals surface area contributed by atoms with Gasteiger partial charge in [0.1, 0.15) is 32.1 Å². The molecule has 0 saturated carbocycles. The number of hydrogen-bond acceptors (Lipinski definition) is 13. The Balaban J connectivity index is 0.00000312. The van der Waals surface area contributed by atoms with Gasteiger partial charge in [-0.15, -0.1) is 15.3 Å². The summed E-state index contributed by atoms with van der Waals surface area (Å²) < 4.78 is 75.0. The van der Waals surface area contributed by atoms with Crippen LogP contribution in [0, 0.1) is 6.92 Å². The van der Waals surface area contributed by atoms with Gasteiger partial charge in [-0.1, -0.05) is 30.0 Å². The third-order valence-corrected chi connectivity index (χ3v) is 8.38. The van der Waals surface area contributed by atoms with E-state index in [-0.39, 0.29) is 98.4 Å². The molecule has 14 nitrogen and oxygen atoms in total. The Morgan fingerprint density at radius 1 is 0.771 bits per heavy atom. The molecule has 18 heteroatoms. The largest absolute Gasteiger partial charge is 1.00 e. The standard InChI is InChI=1S/C30H26N6O8S2.2Na/c1-17-12-25(26(44-2)16-24(17)34-33-23-11-8-19(31)15-27(23)45(38,39)40)35-36-29-28(46(41,42)43)14-18-13-21(9-10-22(18)30(29)37)32-20-6-4-3-5-7-20;;/h3-16,32,37H,31H2,1-2H3,(H,38,39,40)(H,41,42,43);;/q;2*+1/p-2. The number of rotatable bonds is 9. The van der Waals surface area contributed by atoms with E-state index in [0.29, 0.717) is 11.3 Å². The molecule has 0 unspecified atom stereocenters. The summed E-state index contributed by atoms with van der Waals surface area (Å²) >= 11 is 0. The maximum absolute atomic E-state index is 13.4. The van der Waals surface area contributed by atoms with E-state index in [1.54, 1.807) is 19.1 Å². The van der Waals surface area contributed by atoms with Crippen LogP contribution in [0.15, 0.2) is 115 Å². The summed E-state index contributed by atoms with van der Waals surface area (Å²) in [6.07, 6.45) is 0. The van der Waals surface area contributed by atoms with Crippen LogP contribution in [0.2, 0.25) is 0 Å². The van der Waals surface area contributed by atoms with Gasteiger partial charge in [-0.3, -0.25) is 4.55 Å². The number of ether oxygens (including phenoxy) is 1. The van der Waals surface area contributed by atoms with Crippen LogP contribution in [0.5, 0.6) is 11.5 Å². The molecule has 0 radical (unpaired) electrons. The van der Waals surface area contributed by atoms with Crippen LogP contribution in [-0.4, -0.2) is 33.1 Å². The summed E-state index contributed by atoms with van der Waals surface area (Å²) in [5.41, 5.74) is 6.87. The molecule has 0 aliphatic carbocycles. The molecule has 0 saturated heterocycles. The number of methoxy groups -OCH3 is 1. The molecule has 0 amide bonds. The van der Waals surface area contributed by atoms with E-state index >= 15 is 0 Å². The van der Waals surface area contributed by atoms with Crippen LogP contribution in [0.25, 0.3) is 10.8 Å². The first-order valence-electron chi connectivity index (χ1n) is 13.2. The minimum Gasteiger partial charge on any atom is -0.871 e. The molecule has 0 aliphatic rings. The van der Waals surface area contributed by atoms with E-state index < -0.39 is 41.5 Å². The van der Waals surface area contributed by atoms with Crippen LogP contribution < -0.4 is 80.0 Å². The fraction of sp³-hybridized carbons (Fsp3) is 0.0667. The van der Waals surface area contributed by atoms with Crippen molar-refractivity contribution in [1.82, 2.24) is 0 Å². The molecule has 5 aromatic carbocycles. The van der Waals surface area contributed by atoms with Crippen molar-refractivity contribution in [1.29, 1.82) is 0 Å². The fourth-order valence-electron chi connectivity index (χ4n) is 4.43. The van der Waals surface area contributed by atoms with Crippen molar-refractivity contribution in [3.05, 3.63) is 90.5 Å². The second kappa shape index (κ2) is 15.9. The van der Waals surface area contributed by atoms with E-state index in [1.807, 2.05) is 30.3 Å². The molecule has 0 aromatic heterocycles. The van der Waals surface area contributed by atoms with Gasteiger partial charge in [0.2, 0.25) is 0 Å². The molecule has 236 valence electrons. The van der Waals surface area contributed by atoms with E-state index in [1.165, 1.54) is 37.4 Å². The number of azo groups is 2. The average molecular weight is 707 g/mol. The summed E-state index contributed by atoms with van der Waals surface area (Å²) in [6.45, 7) is 1.61. The third-order valence-electron chi connectivity index (χ3n) is 6.65. The van der Waals surface area contributed by atoms with E-state index in [4.69, 9.17) is 10.5 Å². The smallest absolute Gasteiger partial charge is 0.871 e. The Morgan fingerprint density at radius 3 is 2.08 bits per heavy atom. The van der Waals surface area contributed by atoms with Gasteiger partial charge < -0.3 is 25.4 Å².